The normalized spacial score (nSPS) is 14.5. The maximum absolute atomic E-state index is 5.06. The Morgan fingerprint density at radius 2 is 1.55 bits per heavy atom. The number of pyridine rings is 3. The highest BCUT2D eigenvalue weighted by Gasteiger charge is 2.22. The Morgan fingerprint density at radius 1 is 0.750 bits per heavy atom. The van der Waals surface area contributed by atoms with Crippen molar-refractivity contribution in [3.63, 3.8) is 0 Å². The summed E-state index contributed by atoms with van der Waals surface area (Å²) in [5, 5.41) is 1.05. The third-order valence-corrected chi connectivity index (χ3v) is 7.89. The first-order valence-electron chi connectivity index (χ1n) is 13.9. The van der Waals surface area contributed by atoms with Crippen LogP contribution in [0.4, 0.5) is 0 Å². The topological polar surface area (TPSA) is 70.6 Å². The summed E-state index contributed by atoms with van der Waals surface area (Å²) in [7, 11) is 0. The predicted octanol–water partition coefficient (Wildman–Crippen LogP) is 7.13. The van der Waals surface area contributed by atoms with Crippen LogP contribution in [0.5, 0.6) is 0 Å². The Bertz CT molecular complexity index is 1720. The van der Waals surface area contributed by atoms with Crippen LogP contribution >= 0.6 is 0 Å². The van der Waals surface area contributed by atoms with Gasteiger partial charge in [0.05, 0.1) is 11.2 Å². The zero-order valence-electron chi connectivity index (χ0n) is 22.2. The summed E-state index contributed by atoms with van der Waals surface area (Å²) in [6.45, 7) is 3.11. The molecule has 2 aromatic carbocycles. The standard InChI is InChI=1S/C34H30N6/c1-2-5-25(6-3-1)30-19-29-21-36-16-12-31(29)38-33(30)27-10-8-24(9-11-27)23-40-17-13-26(14-18-40)32-22-37-34(39-32)28-7-4-15-35-20-28/h1-12,15-16,19-22,26H,13-14,17-18,23H2,(H,37,39). The molecule has 0 unspecified atom stereocenters. The van der Waals surface area contributed by atoms with Gasteiger partial charge in [-0.05, 0) is 61.3 Å². The van der Waals surface area contributed by atoms with E-state index in [0.717, 1.165) is 77.2 Å². The molecule has 1 fully saturated rings. The van der Waals surface area contributed by atoms with Crippen LogP contribution in [0, 0.1) is 0 Å². The molecule has 40 heavy (non-hydrogen) atoms. The van der Waals surface area contributed by atoms with E-state index in [1.807, 2.05) is 42.9 Å². The number of fused-ring (bicyclic) bond motifs is 1. The molecule has 1 N–H and O–H groups in total. The highest BCUT2D eigenvalue weighted by molar-refractivity contribution is 5.91. The number of aromatic amines is 1. The van der Waals surface area contributed by atoms with E-state index >= 15 is 0 Å². The number of imidazole rings is 1. The molecule has 0 aliphatic carbocycles. The number of aromatic nitrogens is 5. The molecule has 5 heterocycles. The first kappa shape index (κ1) is 24.4. The monoisotopic (exact) mass is 522 g/mol. The van der Waals surface area contributed by atoms with Gasteiger partial charge in [0.25, 0.3) is 0 Å². The van der Waals surface area contributed by atoms with Crippen molar-refractivity contribution < 1.29 is 0 Å². The number of likely N-dealkylation sites (tertiary alicyclic amines) is 1. The fourth-order valence-electron chi connectivity index (χ4n) is 5.70. The van der Waals surface area contributed by atoms with Gasteiger partial charge >= 0.3 is 0 Å². The summed E-state index contributed by atoms with van der Waals surface area (Å²) in [4.78, 5) is 24.3. The van der Waals surface area contributed by atoms with E-state index in [1.54, 1.807) is 12.4 Å². The summed E-state index contributed by atoms with van der Waals surface area (Å²) in [6.07, 6.45) is 11.6. The smallest absolute Gasteiger partial charge is 0.139 e. The molecule has 0 amide bonds. The predicted molar refractivity (Wildman–Crippen MR) is 159 cm³/mol. The lowest BCUT2D eigenvalue weighted by atomic mass is 9.93. The summed E-state index contributed by atoms with van der Waals surface area (Å²) in [5.41, 5.74) is 8.97. The molecule has 0 saturated carbocycles. The molecule has 196 valence electrons. The number of nitrogens with one attached hydrogen (secondary N) is 1. The second kappa shape index (κ2) is 10.8. The molecule has 6 nitrogen and oxygen atoms in total. The molecule has 1 aliphatic heterocycles. The van der Waals surface area contributed by atoms with Crippen molar-refractivity contribution in [2.45, 2.75) is 25.3 Å². The van der Waals surface area contributed by atoms with E-state index in [4.69, 9.17) is 4.98 Å². The molecule has 0 spiro atoms. The molecule has 0 bridgehead atoms. The fraction of sp³-hybridized carbons (Fsp3) is 0.176. The Labute approximate surface area is 233 Å². The number of benzene rings is 2. The van der Waals surface area contributed by atoms with Crippen molar-refractivity contribution in [1.82, 2.24) is 29.8 Å². The van der Waals surface area contributed by atoms with E-state index in [2.05, 4.69) is 79.4 Å². The van der Waals surface area contributed by atoms with E-state index in [1.165, 1.54) is 11.3 Å². The van der Waals surface area contributed by atoms with Crippen LogP contribution in [0.1, 0.15) is 30.0 Å². The SMILES string of the molecule is c1ccc(-c2cc3cnccc3nc2-c2ccc(CN3CCC(c4cnc(-c5cccnc5)[nH]4)CC3)cc2)cc1. The molecular weight excluding hydrogens is 492 g/mol. The summed E-state index contributed by atoms with van der Waals surface area (Å²) >= 11 is 0. The fourth-order valence-corrected chi connectivity index (χ4v) is 5.70. The van der Waals surface area contributed by atoms with Crippen LogP contribution in [0.25, 0.3) is 44.7 Å². The highest BCUT2D eigenvalue weighted by Crippen LogP contribution is 2.34. The van der Waals surface area contributed by atoms with Gasteiger partial charge in [-0.2, -0.15) is 0 Å². The molecule has 4 aromatic heterocycles. The lowest BCUT2D eigenvalue weighted by Crippen LogP contribution is -2.32. The van der Waals surface area contributed by atoms with Gasteiger partial charge in [0, 0.05) is 71.2 Å². The van der Waals surface area contributed by atoms with Crippen molar-refractivity contribution in [2.24, 2.45) is 0 Å². The summed E-state index contributed by atoms with van der Waals surface area (Å²) in [5.74, 6) is 1.42. The third-order valence-electron chi connectivity index (χ3n) is 7.89. The molecule has 7 rings (SSSR count). The maximum Gasteiger partial charge on any atom is 0.139 e. The van der Waals surface area contributed by atoms with Crippen LogP contribution in [-0.2, 0) is 6.54 Å². The van der Waals surface area contributed by atoms with Gasteiger partial charge < -0.3 is 4.98 Å². The van der Waals surface area contributed by atoms with Crippen LogP contribution in [0.3, 0.4) is 0 Å². The van der Waals surface area contributed by atoms with Crippen molar-refractivity contribution in [3.8, 4) is 33.8 Å². The Morgan fingerprint density at radius 3 is 2.35 bits per heavy atom. The molecule has 0 radical (unpaired) electrons. The number of piperidine rings is 1. The first-order valence-corrected chi connectivity index (χ1v) is 13.9. The Kier molecular flexibility index (Phi) is 6.60. The lowest BCUT2D eigenvalue weighted by molar-refractivity contribution is 0.203. The molecular formula is C34H30N6. The molecule has 6 aromatic rings. The zero-order chi connectivity index (χ0) is 26.7. The second-order valence-corrected chi connectivity index (χ2v) is 10.5. The first-order chi connectivity index (χ1) is 19.8. The van der Waals surface area contributed by atoms with E-state index in [0.29, 0.717) is 5.92 Å². The van der Waals surface area contributed by atoms with Crippen molar-refractivity contribution in [2.75, 3.05) is 13.1 Å². The van der Waals surface area contributed by atoms with Crippen LogP contribution < -0.4 is 0 Å². The van der Waals surface area contributed by atoms with Gasteiger partial charge in [-0.25, -0.2) is 9.97 Å². The average Bonchev–Trinajstić information content (AvgIpc) is 3.53. The quantitative estimate of drug-likeness (QED) is 0.252. The van der Waals surface area contributed by atoms with Gasteiger partial charge in [0.15, 0.2) is 0 Å². The van der Waals surface area contributed by atoms with Crippen molar-refractivity contribution in [1.29, 1.82) is 0 Å². The maximum atomic E-state index is 5.06. The Hall–Kier alpha value is -4.68. The van der Waals surface area contributed by atoms with Crippen molar-refractivity contribution >= 4 is 10.9 Å². The number of hydrogen-bond acceptors (Lipinski definition) is 5. The highest BCUT2D eigenvalue weighted by atomic mass is 15.1. The second-order valence-electron chi connectivity index (χ2n) is 10.5. The average molecular weight is 523 g/mol. The molecule has 1 aliphatic rings. The lowest BCUT2D eigenvalue weighted by Gasteiger charge is -2.31. The molecule has 0 atom stereocenters. The molecule has 1 saturated heterocycles. The van der Waals surface area contributed by atoms with Crippen LogP contribution in [0.15, 0.2) is 110 Å². The van der Waals surface area contributed by atoms with Gasteiger partial charge in [-0.3, -0.25) is 14.9 Å². The van der Waals surface area contributed by atoms with E-state index < -0.39 is 0 Å². The van der Waals surface area contributed by atoms with Gasteiger partial charge in [0.1, 0.15) is 5.82 Å². The van der Waals surface area contributed by atoms with Crippen molar-refractivity contribution in [3.05, 3.63) is 121 Å². The molecule has 6 heteroatoms. The number of hydrogen-bond donors (Lipinski definition) is 1. The Balaban J connectivity index is 1.05. The van der Waals surface area contributed by atoms with E-state index in [-0.39, 0.29) is 0 Å². The largest absolute Gasteiger partial charge is 0.342 e. The number of H-pyrrole nitrogens is 1. The zero-order valence-corrected chi connectivity index (χ0v) is 22.2. The van der Waals surface area contributed by atoms with E-state index in [9.17, 15) is 0 Å². The minimum Gasteiger partial charge on any atom is -0.342 e. The van der Waals surface area contributed by atoms with Gasteiger partial charge in [-0.15, -0.1) is 0 Å². The van der Waals surface area contributed by atoms with Gasteiger partial charge in [-0.1, -0.05) is 54.6 Å². The minimum atomic E-state index is 0.516. The summed E-state index contributed by atoms with van der Waals surface area (Å²) < 4.78 is 0. The van der Waals surface area contributed by atoms with Crippen LogP contribution in [-0.4, -0.2) is 42.9 Å². The van der Waals surface area contributed by atoms with Gasteiger partial charge in [0.2, 0.25) is 0 Å². The number of rotatable bonds is 6. The number of nitrogens with zero attached hydrogens (tertiary/aromatic N) is 5. The summed E-state index contributed by atoms with van der Waals surface area (Å²) in [6, 6.07) is 27.6. The minimum absolute atomic E-state index is 0.516. The third kappa shape index (κ3) is 5.01. The van der Waals surface area contributed by atoms with Crippen LogP contribution in [0.2, 0.25) is 0 Å².